The van der Waals surface area contributed by atoms with Crippen molar-refractivity contribution in [1.29, 1.82) is 0 Å². The van der Waals surface area contributed by atoms with Gasteiger partial charge in [-0.15, -0.1) is 11.3 Å². The zero-order valence-electron chi connectivity index (χ0n) is 22.7. The first-order valence-electron chi connectivity index (χ1n) is 13.2. The molecule has 1 aliphatic rings. The predicted molar refractivity (Wildman–Crippen MR) is 155 cm³/mol. The van der Waals surface area contributed by atoms with Crippen LogP contribution in [0.25, 0.3) is 22.2 Å². The lowest BCUT2D eigenvalue weighted by Gasteiger charge is -2.36. The van der Waals surface area contributed by atoms with Gasteiger partial charge in [0.2, 0.25) is 0 Å². The van der Waals surface area contributed by atoms with E-state index in [1.54, 1.807) is 0 Å². The van der Waals surface area contributed by atoms with Gasteiger partial charge in [-0.1, -0.05) is 69.7 Å². The molecule has 5 nitrogen and oxygen atoms in total. The number of para-hydroxylation sites is 1. The molecule has 2 aromatic heterocycles. The van der Waals surface area contributed by atoms with E-state index in [2.05, 4.69) is 26.1 Å². The van der Waals surface area contributed by atoms with Crippen molar-refractivity contribution >= 4 is 39.1 Å². The molecule has 0 saturated carbocycles. The van der Waals surface area contributed by atoms with E-state index in [0.717, 1.165) is 59.0 Å². The van der Waals surface area contributed by atoms with Gasteiger partial charge in [0.05, 0.1) is 29.4 Å². The van der Waals surface area contributed by atoms with Crippen molar-refractivity contribution in [2.75, 3.05) is 12.4 Å². The highest BCUT2D eigenvalue weighted by Crippen LogP contribution is 2.46. The number of aryl methyl sites for hydroxylation is 1. The van der Waals surface area contributed by atoms with Crippen LogP contribution in [0.15, 0.2) is 54.6 Å². The molecule has 2 heterocycles. The highest BCUT2D eigenvalue weighted by atomic mass is 32.1. The Labute approximate surface area is 228 Å². The number of esters is 1. The lowest BCUT2D eigenvalue weighted by atomic mass is 9.69. The Morgan fingerprint density at radius 3 is 2.61 bits per heavy atom. The van der Waals surface area contributed by atoms with Crippen LogP contribution in [0.1, 0.15) is 70.3 Å². The SMILES string of the molecule is CCC(C)(C)[C@H]1CCc2c(sc(NC(=O)c3cc(-c4ccccc4C)nc4ccccc34)c2C(=O)OC)C1. The third-order valence-corrected chi connectivity index (χ3v) is 9.45. The molecule has 0 bridgehead atoms. The van der Waals surface area contributed by atoms with E-state index >= 15 is 0 Å². The van der Waals surface area contributed by atoms with E-state index in [0.29, 0.717) is 22.0 Å². The minimum atomic E-state index is -0.397. The van der Waals surface area contributed by atoms with Crippen molar-refractivity contribution in [3.8, 4) is 11.3 Å². The fourth-order valence-electron chi connectivity index (χ4n) is 5.48. The number of aromatic nitrogens is 1. The number of rotatable bonds is 6. The highest BCUT2D eigenvalue weighted by Gasteiger charge is 2.35. The summed E-state index contributed by atoms with van der Waals surface area (Å²) in [5, 5.41) is 4.44. The number of carbonyl (C=O) groups is 2. The summed E-state index contributed by atoms with van der Waals surface area (Å²) < 4.78 is 5.17. The van der Waals surface area contributed by atoms with Crippen LogP contribution in [0.3, 0.4) is 0 Å². The Kier molecular flexibility index (Phi) is 7.10. The van der Waals surface area contributed by atoms with Crippen LogP contribution >= 0.6 is 11.3 Å². The lowest BCUT2D eigenvalue weighted by molar-refractivity contribution is 0.0600. The van der Waals surface area contributed by atoms with Crippen LogP contribution in [0.5, 0.6) is 0 Å². The van der Waals surface area contributed by atoms with E-state index in [-0.39, 0.29) is 11.3 Å². The normalized spacial score (nSPS) is 15.2. The van der Waals surface area contributed by atoms with Gasteiger partial charge in [0.25, 0.3) is 5.91 Å². The zero-order valence-corrected chi connectivity index (χ0v) is 23.5. The maximum atomic E-state index is 13.9. The number of hydrogen-bond acceptors (Lipinski definition) is 5. The highest BCUT2D eigenvalue weighted by molar-refractivity contribution is 7.17. The average Bonchev–Trinajstić information content (AvgIpc) is 3.29. The molecule has 0 spiro atoms. The molecule has 1 amide bonds. The van der Waals surface area contributed by atoms with Gasteiger partial charge in [0.1, 0.15) is 5.00 Å². The summed E-state index contributed by atoms with van der Waals surface area (Å²) >= 11 is 1.52. The smallest absolute Gasteiger partial charge is 0.341 e. The molecule has 0 fully saturated rings. The van der Waals surface area contributed by atoms with E-state index < -0.39 is 5.97 Å². The van der Waals surface area contributed by atoms with E-state index in [4.69, 9.17) is 9.72 Å². The second kappa shape index (κ2) is 10.3. The first-order valence-corrected chi connectivity index (χ1v) is 14.0. The molecule has 4 aromatic rings. The number of nitrogens with one attached hydrogen (secondary N) is 1. The first-order chi connectivity index (χ1) is 18.2. The third-order valence-electron chi connectivity index (χ3n) is 8.28. The molecular weight excluding hydrogens is 492 g/mol. The number of amides is 1. The summed E-state index contributed by atoms with van der Waals surface area (Å²) in [6.07, 6.45) is 3.85. The number of fused-ring (bicyclic) bond motifs is 2. The quantitative estimate of drug-likeness (QED) is 0.260. The van der Waals surface area contributed by atoms with Gasteiger partial charge in [-0.2, -0.15) is 0 Å². The molecule has 0 unspecified atom stereocenters. The monoisotopic (exact) mass is 526 g/mol. The number of anilines is 1. The van der Waals surface area contributed by atoms with Crippen LogP contribution in [0.4, 0.5) is 5.00 Å². The van der Waals surface area contributed by atoms with Gasteiger partial charge in [-0.25, -0.2) is 9.78 Å². The van der Waals surface area contributed by atoms with Crippen LogP contribution in [-0.4, -0.2) is 24.0 Å². The Balaban J connectivity index is 1.56. The second-order valence-electron chi connectivity index (χ2n) is 10.8. The van der Waals surface area contributed by atoms with Gasteiger partial charge in [0, 0.05) is 15.8 Å². The number of carbonyl (C=O) groups excluding carboxylic acids is 2. The van der Waals surface area contributed by atoms with Crippen molar-refractivity contribution in [3.63, 3.8) is 0 Å². The molecule has 38 heavy (non-hydrogen) atoms. The summed E-state index contributed by atoms with van der Waals surface area (Å²) in [6, 6.07) is 17.6. The molecular formula is C32H34N2O3S. The maximum Gasteiger partial charge on any atom is 0.341 e. The van der Waals surface area contributed by atoms with Gasteiger partial charge in [-0.3, -0.25) is 4.79 Å². The van der Waals surface area contributed by atoms with E-state index in [1.165, 1.54) is 23.3 Å². The van der Waals surface area contributed by atoms with Gasteiger partial charge >= 0.3 is 5.97 Å². The van der Waals surface area contributed by atoms with Crippen LogP contribution in [0.2, 0.25) is 0 Å². The summed E-state index contributed by atoms with van der Waals surface area (Å²) in [7, 11) is 1.40. The fourth-order valence-corrected chi connectivity index (χ4v) is 6.79. The van der Waals surface area contributed by atoms with Crippen molar-refractivity contribution in [1.82, 2.24) is 4.98 Å². The number of pyridine rings is 1. The van der Waals surface area contributed by atoms with Gasteiger partial charge in [-0.05, 0) is 60.8 Å². The van der Waals surface area contributed by atoms with Crippen LogP contribution in [0, 0.1) is 18.3 Å². The minimum absolute atomic E-state index is 0.221. The summed E-state index contributed by atoms with van der Waals surface area (Å²) in [5.41, 5.74) is 5.85. The molecule has 196 valence electrons. The Bertz CT molecular complexity index is 1540. The van der Waals surface area contributed by atoms with Crippen molar-refractivity contribution in [3.05, 3.63) is 81.7 Å². The lowest BCUT2D eigenvalue weighted by Crippen LogP contribution is -2.28. The van der Waals surface area contributed by atoms with Gasteiger partial charge in [0.15, 0.2) is 0 Å². The van der Waals surface area contributed by atoms with Gasteiger partial charge < -0.3 is 10.1 Å². The molecule has 0 saturated heterocycles. The maximum absolute atomic E-state index is 13.9. The van der Waals surface area contributed by atoms with Crippen molar-refractivity contribution < 1.29 is 14.3 Å². The first kappa shape index (κ1) is 26.1. The molecule has 1 atom stereocenters. The number of thiophene rings is 1. The molecule has 1 N–H and O–H groups in total. The van der Waals surface area contributed by atoms with E-state index in [9.17, 15) is 9.59 Å². The molecule has 5 rings (SSSR count). The number of hydrogen-bond donors (Lipinski definition) is 1. The summed E-state index contributed by atoms with van der Waals surface area (Å²) in [4.78, 5) is 32.8. The molecule has 0 radical (unpaired) electrons. The minimum Gasteiger partial charge on any atom is -0.465 e. The number of ether oxygens (including phenoxy) is 1. The predicted octanol–water partition coefficient (Wildman–Crippen LogP) is 7.85. The number of methoxy groups -OCH3 is 1. The Morgan fingerprint density at radius 2 is 1.87 bits per heavy atom. The zero-order chi connectivity index (χ0) is 27.0. The Morgan fingerprint density at radius 1 is 1.13 bits per heavy atom. The average molecular weight is 527 g/mol. The number of nitrogens with zero attached hydrogens (tertiary/aromatic N) is 1. The number of benzene rings is 2. The second-order valence-corrected chi connectivity index (χ2v) is 11.9. The van der Waals surface area contributed by atoms with Crippen LogP contribution < -0.4 is 5.32 Å². The van der Waals surface area contributed by atoms with Crippen LogP contribution in [-0.2, 0) is 17.6 Å². The fraction of sp³-hybridized carbons (Fsp3) is 0.344. The summed E-state index contributed by atoms with van der Waals surface area (Å²) in [5.74, 6) is -0.118. The third kappa shape index (κ3) is 4.73. The molecule has 2 aromatic carbocycles. The standard InChI is InChI=1S/C32H34N2O3S/c1-6-32(3,4)20-15-16-23-27(17-20)38-30(28(23)31(36)37-5)34-29(35)24-18-26(21-12-8-7-11-19(21)2)33-25-14-10-9-13-22(24)25/h7-14,18,20H,6,15-17H2,1-5H3,(H,34,35)/t20-/m0/s1. The Hall–Kier alpha value is -3.51. The largest absolute Gasteiger partial charge is 0.465 e. The van der Waals surface area contributed by atoms with E-state index in [1.807, 2.05) is 61.5 Å². The molecule has 0 aliphatic heterocycles. The molecule has 1 aliphatic carbocycles. The topological polar surface area (TPSA) is 68.3 Å². The summed E-state index contributed by atoms with van der Waals surface area (Å²) in [6.45, 7) is 8.92. The van der Waals surface area contributed by atoms with Crippen molar-refractivity contribution in [2.45, 2.75) is 53.4 Å². The molecule has 6 heteroatoms. The van der Waals surface area contributed by atoms with Crippen molar-refractivity contribution in [2.24, 2.45) is 11.3 Å².